The molecule has 0 aromatic heterocycles. The molecule has 0 aliphatic carbocycles. The highest BCUT2D eigenvalue weighted by molar-refractivity contribution is 6.06. The van der Waals surface area contributed by atoms with Gasteiger partial charge in [-0.25, -0.2) is 13.8 Å². The lowest BCUT2D eigenvalue weighted by Gasteiger charge is -2.29. The highest BCUT2D eigenvalue weighted by Crippen LogP contribution is 2.37. The number of hydrogen-bond donors (Lipinski definition) is 1. The minimum atomic E-state index is -0.795. The minimum Gasteiger partial charge on any atom is -0.490 e. The normalized spacial score (nSPS) is 16.1. The van der Waals surface area contributed by atoms with Crippen molar-refractivity contribution in [3.8, 4) is 11.5 Å². The number of amides is 2. The van der Waals surface area contributed by atoms with Crippen LogP contribution in [0.5, 0.6) is 11.5 Å². The summed E-state index contributed by atoms with van der Waals surface area (Å²) in [5.41, 5.74) is 1.09. The first-order valence-electron chi connectivity index (χ1n) is 11.4. The first-order chi connectivity index (χ1) is 16.5. The van der Waals surface area contributed by atoms with Gasteiger partial charge in [0.05, 0.1) is 26.5 Å². The number of hydrogen-bond acceptors (Lipinski definition) is 5. The van der Waals surface area contributed by atoms with Gasteiger partial charge >= 0.3 is 0 Å². The molecule has 0 saturated heterocycles. The topological polar surface area (TPSA) is 80.2 Å². The van der Waals surface area contributed by atoms with E-state index in [-0.39, 0.29) is 53.5 Å². The Balaban J connectivity index is 1.91. The van der Waals surface area contributed by atoms with Crippen LogP contribution < -0.4 is 14.8 Å². The second-order valence-electron chi connectivity index (χ2n) is 9.43. The van der Waals surface area contributed by atoms with Gasteiger partial charge in [0.25, 0.3) is 0 Å². The first-order valence-corrected chi connectivity index (χ1v) is 11.4. The van der Waals surface area contributed by atoms with Crippen LogP contribution in [0.25, 0.3) is 0 Å². The zero-order valence-electron chi connectivity index (χ0n) is 20.9. The lowest BCUT2D eigenvalue weighted by atomic mass is 9.89. The van der Waals surface area contributed by atoms with Gasteiger partial charge in [-0.1, -0.05) is 39.8 Å². The van der Waals surface area contributed by atoms with Crippen LogP contribution >= 0.6 is 0 Å². The van der Waals surface area contributed by atoms with E-state index >= 15 is 4.39 Å². The fourth-order valence-electron chi connectivity index (χ4n) is 3.75. The lowest BCUT2D eigenvalue weighted by Crippen LogP contribution is -2.37. The van der Waals surface area contributed by atoms with Gasteiger partial charge in [0.1, 0.15) is 0 Å². The number of rotatable bonds is 7. The summed E-state index contributed by atoms with van der Waals surface area (Å²) in [5, 5.41) is 8.56. The Bertz CT molecular complexity index is 1140. The maximum Gasteiger partial charge on any atom is 0.243 e. The van der Waals surface area contributed by atoms with Crippen LogP contribution in [0.2, 0.25) is 0 Å². The highest BCUT2D eigenvalue weighted by atomic mass is 19.1. The molecule has 188 valence electrons. The van der Waals surface area contributed by atoms with Crippen LogP contribution in [-0.2, 0) is 16.1 Å². The number of benzene rings is 2. The second-order valence-corrected chi connectivity index (χ2v) is 9.43. The molecule has 1 N–H and O–H groups in total. The predicted octanol–water partition coefficient (Wildman–Crippen LogP) is 5.13. The number of nitrogens with zero attached hydrogens (tertiary/aromatic N) is 2. The molecule has 1 aliphatic rings. The van der Waals surface area contributed by atoms with Crippen LogP contribution in [0.1, 0.15) is 51.7 Å². The van der Waals surface area contributed by atoms with E-state index in [4.69, 9.17) is 9.47 Å². The smallest absolute Gasteiger partial charge is 0.243 e. The van der Waals surface area contributed by atoms with Gasteiger partial charge < -0.3 is 14.8 Å². The van der Waals surface area contributed by atoms with Crippen molar-refractivity contribution < 1.29 is 27.8 Å². The van der Waals surface area contributed by atoms with E-state index in [9.17, 15) is 14.0 Å². The van der Waals surface area contributed by atoms with Crippen LogP contribution in [-0.4, -0.2) is 36.8 Å². The summed E-state index contributed by atoms with van der Waals surface area (Å²) in [7, 11) is 2.46. The van der Waals surface area contributed by atoms with E-state index < -0.39 is 17.0 Å². The molecular formula is C26H31F2N3O4. The molecule has 1 aliphatic heterocycles. The Morgan fingerprint density at radius 2 is 1.77 bits per heavy atom. The number of hydrazone groups is 1. The third-order valence-corrected chi connectivity index (χ3v) is 5.86. The quantitative estimate of drug-likeness (QED) is 0.587. The Morgan fingerprint density at radius 1 is 1.14 bits per heavy atom. The van der Waals surface area contributed by atoms with Crippen molar-refractivity contribution >= 4 is 23.2 Å². The molecule has 2 aromatic carbocycles. The van der Waals surface area contributed by atoms with E-state index in [2.05, 4.69) is 10.4 Å². The molecule has 3 rings (SSSR count). The summed E-state index contributed by atoms with van der Waals surface area (Å²) < 4.78 is 39.9. The molecule has 0 bridgehead atoms. The largest absolute Gasteiger partial charge is 0.490 e. The molecule has 1 unspecified atom stereocenters. The molecule has 0 radical (unpaired) electrons. The lowest BCUT2D eigenvalue weighted by molar-refractivity contribution is -0.133. The van der Waals surface area contributed by atoms with Crippen LogP contribution in [0.3, 0.4) is 0 Å². The van der Waals surface area contributed by atoms with E-state index in [1.807, 2.05) is 27.7 Å². The third-order valence-electron chi connectivity index (χ3n) is 5.86. The third kappa shape index (κ3) is 5.61. The fraction of sp³-hybridized carbons (Fsp3) is 0.423. The maximum absolute atomic E-state index is 15.3. The summed E-state index contributed by atoms with van der Waals surface area (Å²) in [5.74, 6) is -2.96. The summed E-state index contributed by atoms with van der Waals surface area (Å²) in [6.07, 6.45) is 0.639. The fourth-order valence-corrected chi connectivity index (χ4v) is 3.75. The van der Waals surface area contributed by atoms with Gasteiger partial charge in [-0.2, -0.15) is 5.10 Å². The zero-order valence-corrected chi connectivity index (χ0v) is 20.9. The molecule has 0 saturated carbocycles. The number of halogens is 2. The molecule has 0 spiro atoms. The Labute approximate surface area is 204 Å². The van der Waals surface area contributed by atoms with Crippen molar-refractivity contribution in [3.05, 3.63) is 53.1 Å². The minimum absolute atomic E-state index is 0.0651. The van der Waals surface area contributed by atoms with Crippen LogP contribution in [0.15, 0.2) is 35.4 Å². The SMILES string of the molecule is CCC1CC(=O)N(Cc2ccc(NC(=O)C(C)(C)C)cc2)N=C1c1cc(F)c(OC)c(OC)c1F. The summed E-state index contributed by atoms with van der Waals surface area (Å²) in [6.45, 7) is 7.48. The molecule has 35 heavy (non-hydrogen) atoms. The van der Waals surface area contributed by atoms with Gasteiger partial charge in [0.15, 0.2) is 17.4 Å². The van der Waals surface area contributed by atoms with Crippen LogP contribution in [0.4, 0.5) is 14.5 Å². The van der Waals surface area contributed by atoms with Crippen molar-refractivity contribution in [1.29, 1.82) is 0 Å². The van der Waals surface area contributed by atoms with E-state index in [0.29, 0.717) is 12.1 Å². The summed E-state index contributed by atoms with van der Waals surface area (Å²) in [6, 6.07) is 8.08. The number of methoxy groups -OCH3 is 2. The average Bonchev–Trinajstić information content (AvgIpc) is 2.81. The van der Waals surface area contributed by atoms with Gasteiger partial charge in [0.2, 0.25) is 17.6 Å². The predicted molar refractivity (Wildman–Crippen MR) is 129 cm³/mol. The summed E-state index contributed by atoms with van der Waals surface area (Å²) in [4.78, 5) is 25.0. The molecule has 9 heteroatoms. The number of ether oxygens (including phenoxy) is 2. The molecule has 2 aromatic rings. The Kier molecular flexibility index (Phi) is 7.77. The van der Waals surface area contributed by atoms with E-state index in [1.165, 1.54) is 19.2 Å². The van der Waals surface area contributed by atoms with E-state index in [0.717, 1.165) is 11.6 Å². The van der Waals surface area contributed by atoms with Crippen molar-refractivity contribution in [1.82, 2.24) is 5.01 Å². The van der Waals surface area contributed by atoms with Gasteiger partial charge in [-0.3, -0.25) is 9.59 Å². The zero-order chi connectivity index (χ0) is 25.9. The van der Waals surface area contributed by atoms with Gasteiger partial charge in [-0.05, 0) is 30.2 Å². The van der Waals surface area contributed by atoms with Gasteiger partial charge in [0, 0.05) is 29.0 Å². The highest BCUT2D eigenvalue weighted by Gasteiger charge is 2.33. The molecular weight excluding hydrogens is 456 g/mol. The van der Waals surface area contributed by atoms with Gasteiger partial charge in [-0.15, -0.1) is 0 Å². The average molecular weight is 488 g/mol. The maximum atomic E-state index is 15.3. The molecule has 7 nitrogen and oxygen atoms in total. The number of anilines is 1. The number of nitrogens with one attached hydrogen (secondary N) is 1. The van der Waals surface area contributed by atoms with Crippen molar-refractivity contribution in [2.45, 2.75) is 47.1 Å². The van der Waals surface area contributed by atoms with Crippen LogP contribution in [0, 0.1) is 23.0 Å². The Morgan fingerprint density at radius 3 is 2.31 bits per heavy atom. The first kappa shape index (κ1) is 26.1. The summed E-state index contributed by atoms with van der Waals surface area (Å²) >= 11 is 0. The van der Waals surface area contributed by atoms with Crippen molar-refractivity contribution in [3.63, 3.8) is 0 Å². The monoisotopic (exact) mass is 487 g/mol. The number of carbonyl (C=O) groups is 2. The number of carbonyl (C=O) groups excluding carboxylic acids is 2. The van der Waals surface area contributed by atoms with E-state index in [1.54, 1.807) is 24.3 Å². The molecule has 2 amide bonds. The van der Waals surface area contributed by atoms with Crippen molar-refractivity contribution in [2.75, 3.05) is 19.5 Å². The molecule has 1 heterocycles. The molecule has 1 atom stereocenters. The Hall–Kier alpha value is -3.49. The molecule has 0 fully saturated rings. The van der Waals surface area contributed by atoms with Crippen molar-refractivity contribution in [2.24, 2.45) is 16.4 Å². The second kappa shape index (κ2) is 10.4. The standard InChI is InChI=1S/C26H31F2N3O4/c1-7-16-12-20(32)31(14-15-8-10-17(11-9-15)29-25(33)26(2,3)4)30-22(16)18-13-19(27)23(34-5)24(35-6)21(18)28/h8-11,13,16H,7,12,14H2,1-6H3,(H,29,33).